The van der Waals surface area contributed by atoms with Crippen LogP contribution in [0.4, 0.5) is 26.2 Å². The van der Waals surface area contributed by atoms with Gasteiger partial charge in [-0.1, -0.05) is 12.1 Å². The summed E-state index contributed by atoms with van der Waals surface area (Å²) in [5.74, 6) is -0.442. The molecular weight excluding hydrogens is 373 g/mol. The summed E-state index contributed by atoms with van der Waals surface area (Å²) >= 11 is 0. The summed E-state index contributed by atoms with van der Waals surface area (Å²) in [5.41, 5.74) is 1.41. The van der Waals surface area contributed by atoms with Gasteiger partial charge in [-0.05, 0) is 49.2 Å². The molecule has 1 aliphatic rings. The van der Waals surface area contributed by atoms with E-state index in [1.807, 2.05) is 0 Å². The monoisotopic (exact) mass is 393 g/mol. The van der Waals surface area contributed by atoms with Gasteiger partial charge in [0, 0.05) is 20.1 Å². The average molecular weight is 393 g/mol. The minimum atomic E-state index is -3.86. The van der Waals surface area contributed by atoms with Gasteiger partial charge in [0.15, 0.2) is 0 Å². The van der Waals surface area contributed by atoms with Crippen molar-refractivity contribution in [2.75, 3.05) is 28.7 Å². The van der Waals surface area contributed by atoms with Gasteiger partial charge in [0.25, 0.3) is 0 Å². The van der Waals surface area contributed by atoms with E-state index in [4.69, 9.17) is 5.11 Å². The lowest BCUT2D eigenvalue weighted by Gasteiger charge is -2.22. The molecule has 0 fully saturated rings. The predicted octanol–water partition coefficient (Wildman–Crippen LogP) is 3.42. The van der Waals surface area contributed by atoms with E-state index in [0.717, 1.165) is 4.90 Å². The van der Waals surface area contributed by atoms with Crippen molar-refractivity contribution in [2.45, 2.75) is 12.8 Å². The smallest absolute Gasteiger partial charge is 0.407 e. The summed E-state index contributed by atoms with van der Waals surface area (Å²) in [6.45, 7) is 0.553. The predicted molar refractivity (Wildman–Crippen MR) is 101 cm³/mol. The van der Waals surface area contributed by atoms with Gasteiger partial charge in [-0.3, -0.25) is 4.31 Å². The fourth-order valence-electron chi connectivity index (χ4n) is 2.98. The second kappa shape index (κ2) is 7.43. The van der Waals surface area contributed by atoms with Crippen molar-refractivity contribution in [3.05, 3.63) is 54.3 Å². The quantitative estimate of drug-likeness (QED) is 0.763. The highest BCUT2D eigenvalue weighted by Gasteiger charge is 2.40. The molecule has 27 heavy (non-hydrogen) atoms. The van der Waals surface area contributed by atoms with Crippen molar-refractivity contribution in [1.29, 1.82) is 0 Å². The van der Waals surface area contributed by atoms with Crippen molar-refractivity contribution in [3.8, 4) is 0 Å². The molecule has 3 rings (SSSR count). The Kier molecular flexibility index (Phi) is 5.22. The summed E-state index contributed by atoms with van der Waals surface area (Å²) in [7, 11) is -2.38. The average Bonchev–Trinajstić information content (AvgIpc) is 2.85. The van der Waals surface area contributed by atoms with Crippen LogP contribution in [0.2, 0.25) is 0 Å². The standard InChI is InChI=1S/C18H20FN3O4S/c1-20(18(23)24)12-4-5-13-21-16-6-2-3-7-17(16)22(27(21,25)26)15-10-8-14(19)9-11-15/h2-3,6-11H,4-5,12-13H2,1H3,(H,23,24). The Hall–Kier alpha value is -2.81. The van der Waals surface area contributed by atoms with Crippen LogP contribution in [0.3, 0.4) is 0 Å². The molecule has 2 aromatic rings. The van der Waals surface area contributed by atoms with Crippen LogP contribution >= 0.6 is 0 Å². The first kappa shape index (κ1) is 19.0. The van der Waals surface area contributed by atoms with Gasteiger partial charge in [-0.15, -0.1) is 0 Å². The molecule has 2 aromatic carbocycles. The number of nitrogens with zero attached hydrogens (tertiary/aromatic N) is 3. The van der Waals surface area contributed by atoms with E-state index in [-0.39, 0.29) is 6.54 Å². The van der Waals surface area contributed by atoms with Gasteiger partial charge in [-0.25, -0.2) is 13.5 Å². The number of carboxylic acid groups (broad SMARTS) is 1. The third kappa shape index (κ3) is 3.68. The topological polar surface area (TPSA) is 81.2 Å². The molecule has 0 radical (unpaired) electrons. The number of carbonyl (C=O) groups is 1. The number of anilines is 3. The van der Waals surface area contributed by atoms with E-state index < -0.39 is 22.1 Å². The molecule has 0 saturated heterocycles. The molecule has 0 unspecified atom stereocenters. The summed E-state index contributed by atoms with van der Waals surface area (Å²) in [6, 6.07) is 12.2. The van der Waals surface area contributed by atoms with E-state index in [9.17, 15) is 17.6 Å². The number of hydrogen-bond acceptors (Lipinski definition) is 3. The molecule has 7 nitrogen and oxygen atoms in total. The second-order valence-corrected chi connectivity index (χ2v) is 7.92. The largest absolute Gasteiger partial charge is 0.465 e. The Morgan fingerprint density at radius 3 is 2.33 bits per heavy atom. The van der Waals surface area contributed by atoms with Crippen LogP contribution in [0.5, 0.6) is 0 Å². The zero-order chi connectivity index (χ0) is 19.6. The summed E-state index contributed by atoms with van der Waals surface area (Å²) < 4.78 is 42.0. The molecule has 0 saturated carbocycles. The third-order valence-corrected chi connectivity index (χ3v) is 6.18. The highest BCUT2D eigenvalue weighted by Crippen LogP contribution is 2.45. The zero-order valence-corrected chi connectivity index (χ0v) is 15.6. The molecule has 0 bridgehead atoms. The number of fused-ring (bicyclic) bond motifs is 1. The maximum Gasteiger partial charge on any atom is 0.407 e. The second-order valence-electron chi connectivity index (χ2n) is 6.22. The molecule has 1 heterocycles. The molecule has 1 N–H and O–H groups in total. The van der Waals surface area contributed by atoms with Crippen LogP contribution in [0.25, 0.3) is 0 Å². The highest BCUT2D eigenvalue weighted by molar-refractivity contribution is 7.95. The first-order valence-corrected chi connectivity index (χ1v) is 9.83. The van der Waals surface area contributed by atoms with Gasteiger partial charge >= 0.3 is 16.3 Å². The lowest BCUT2D eigenvalue weighted by atomic mass is 10.2. The third-order valence-electron chi connectivity index (χ3n) is 4.37. The van der Waals surface area contributed by atoms with Crippen molar-refractivity contribution in [3.63, 3.8) is 0 Å². The lowest BCUT2D eigenvalue weighted by Crippen LogP contribution is -2.36. The van der Waals surface area contributed by atoms with Gasteiger partial charge in [0.05, 0.1) is 17.1 Å². The minimum absolute atomic E-state index is 0.227. The Bertz CT molecular complexity index is 934. The number of rotatable bonds is 6. The Labute approximate surface area is 157 Å². The molecule has 0 aromatic heterocycles. The Morgan fingerprint density at radius 2 is 1.70 bits per heavy atom. The highest BCUT2D eigenvalue weighted by atomic mass is 32.2. The molecule has 1 amide bonds. The summed E-state index contributed by atoms with van der Waals surface area (Å²) in [5, 5.41) is 8.87. The van der Waals surface area contributed by atoms with Crippen molar-refractivity contribution in [1.82, 2.24) is 4.90 Å². The van der Waals surface area contributed by atoms with Gasteiger partial charge in [0.1, 0.15) is 5.82 Å². The molecular formula is C18H20FN3O4S. The SMILES string of the molecule is CN(CCCCN1c2ccccc2N(c2ccc(F)cc2)S1(=O)=O)C(=O)O. The van der Waals surface area contributed by atoms with Crippen molar-refractivity contribution < 1.29 is 22.7 Å². The Morgan fingerprint density at radius 1 is 1.07 bits per heavy atom. The normalized spacial score (nSPS) is 14.9. The Balaban J connectivity index is 1.83. The van der Waals surface area contributed by atoms with Gasteiger partial charge < -0.3 is 10.0 Å². The van der Waals surface area contributed by atoms with Crippen LogP contribution in [-0.4, -0.2) is 44.7 Å². The minimum Gasteiger partial charge on any atom is -0.465 e. The van der Waals surface area contributed by atoms with E-state index in [2.05, 4.69) is 0 Å². The molecule has 0 spiro atoms. The number of amides is 1. The molecule has 144 valence electrons. The van der Waals surface area contributed by atoms with Crippen LogP contribution in [0, 0.1) is 5.82 Å². The van der Waals surface area contributed by atoms with E-state index in [0.29, 0.717) is 36.4 Å². The van der Waals surface area contributed by atoms with Crippen molar-refractivity contribution >= 4 is 33.4 Å². The van der Waals surface area contributed by atoms with Crippen LogP contribution in [0.1, 0.15) is 12.8 Å². The fraction of sp³-hybridized carbons (Fsp3) is 0.278. The first-order chi connectivity index (χ1) is 12.8. The van der Waals surface area contributed by atoms with Crippen LogP contribution in [-0.2, 0) is 10.2 Å². The number of unbranched alkanes of at least 4 members (excludes halogenated alkanes) is 1. The lowest BCUT2D eigenvalue weighted by molar-refractivity contribution is 0.155. The summed E-state index contributed by atoms with van der Waals surface area (Å²) in [4.78, 5) is 12.0. The van der Waals surface area contributed by atoms with Crippen LogP contribution < -0.4 is 8.61 Å². The van der Waals surface area contributed by atoms with Gasteiger partial charge in [-0.2, -0.15) is 8.42 Å². The maximum atomic E-state index is 13.2. The maximum absolute atomic E-state index is 13.2. The molecule has 0 atom stereocenters. The number of benzene rings is 2. The fourth-order valence-corrected chi connectivity index (χ4v) is 4.73. The number of halogens is 1. The molecule has 1 aliphatic heterocycles. The summed E-state index contributed by atoms with van der Waals surface area (Å²) in [6.07, 6.45) is 0.0207. The first-order valence-electron chi connectivity index (χ1n) is 8.44. The van der Waals surface area contributed by atoms with E-state index in [1.165, 1.54) is 39.9 Å². The number of para-hydroxylation sites is 2. The van der Waals surface area contributed by atoms with E-state index >= 15 is 0 Å². The number of hydrogen-bond donors (Lipinski definition) is 1. The molecule has 9 heteroatoms. The zero-order valence-electron chi connectivity index (χ0n) is 14.7. The van der Waals surface area contributed by atoms with Gasteiger partial charge in [0.2, 0.25) is 0 Å². The van der Waals surface area contributed by atoms with Crippen LogP contribution in [0.15, 0.2) is 48.5 Å². The van der Waals surface area contributed by atoms with Crippen molar-refractivity contribution in [2.24, 2.45) is 0 Å². The molecule has 0 aliphatic carbocycles. The van der Waals surface area contributed by atoms with E-state index in [1.54, 1.807) is 24.3 Å².